The van der Waals surface area contributed by atoms with Crippen molar-refractivity contribution >= 4 is 34.8 Å². The number of aromatic nitrogens is 1. The van der Waals surface area contributed by atoms with Gasteiger partial charge in [-0.1, -0.05) is 49.2 Å². The van der Waals surface area contributed by atoms with Crippen molar-refractivity contribution in [3.63, 3.8) is 0 Å². The zero-order valence-electron chi connectivity index (χ0n) is 22.0. The summed E-state index contributed by atoms with van der Waals surface area (Å²) in [5.41, 5.74) is 1.68. The molecule has 2 aromatic carbocycles. The van der Waals surface area contributed by atoms with Gasteiger partial charge in [-0.25, -0.2) is 0 Å². The molecule has 0 spiro atoms. The second-order valence-electron chi connectivity index (χ2n) is 10.1. The van der Waals surface area contributed by atoms with Crippen LogP contribution in [0.5, 0.6) is 5.75 Å². The van der Waals surface area contributed by atoms with Crippen molar-refractivity contribution in [2.45, 2.75) is 43.8 Å². The molecule has 1 aliphatic heterocycles. The lowest BCUT2D eigenvalue weighted by Crippen LogP contribution is -2.59. The van der Waals surface area contributed by atoms with E-state index in [0.717, 1.165) is 24.0 Å². The van der Waals surface area contributed by atoms with E-state index in [0.29, 0.717) is 42.5 Å². The number of anilines is 1. The van der Waals surface area contributed by atoms with E-state index in [1.165, 1.54) is 0 Å². The van der Waals surface area contributed by atoms with Crippen molar-refractivity contribution in [3.05, 3.63) is 90.3 Å². The Kier molecular flexibility index (Phi) is 8.07. The maximum absolute atomic E-state index is 14.1. The molecule has 8 nitrogen and oxygen atoms in total. The van der Waals surface area contributed by atoms with E-state index >= 15 is 0 Å². The molecule has 39 heavy (non-hydrogen) atoms. The average Bonchev–Trinajstić information content (AvgIpc) is 3.61. The van der Waals surface area contributed by atoms with E-state index in [-0.39, 0.29) is 24.4 Å². The largest absolute Gasteiger partial charge is 0.497 e. The van der Waals surface area contributed by atoms with Crippen LogP contribution in [0.1, 0.15) is 42.9 Å². The summed E-state index contributed by atoms with van der Waals surface area (Å²) in [5, 5.41) is 6.96. The molecule has 1 atom stereocenters. The fourth-order valence-electron chi connectivity index (χ4n) is 5.50. The summed E-state index contributed by atoms with van der Waals surface area (Å²) in [7, 11) is 1.60. The normalized spacial score (nSPS) is 17.9. The number of nitrogens with one attached hydrogen (secondary N) is 2. The number of methoxy groups -OCH3 is 1. The summed E-state index contributed by atoms with van der Waals surface area (Å²) in [6, 6.07) is 21.1. The van der Waals surface area contributed by atoms with Gasteiger partial charge in [0.15, 0.2) is 5.11 Å². The van der Waals surface area contributed by atoms with E-state index in [4.69, 9.17) is 17.0 Å². The third-order valence-corrected chi connectivity index (χ3v) is 7.97. The van der Waals surface area contributed by atoms with Crippen molar-refractivity contribution in [1.82, 2.24) is 20.1 Å². The number of hydrogen-bond acceptors (Lipinski definition) is 5. The van der Waals surface area contributed by atoms with Gasteiger partial charge in [0.05, 0.1) is 19.7 Å². The van der Waals surface area contributed by atoms with Gasteiger partial charge in [-0.3, -0.25) is 14.6 Å². The number of carbonyl (C=O) groups is 2. The monoisotopic (exact) mass is 543 g/mol. The van der Waals surface area contributed by atoms with Crippen LogP contribution in [-0.2, 0) is 16.1 Å². The molecule has 1 aliphatic carbocycles. The highest BCUT2D eigenvalue weighted by molar-refractivity contribution is 7.80. The number of ether oxygens (including phenoxy) is 1. The first-order valence-electron chi connectivity index (χ1n) is 13.2. The van der Waals surface area contributed by atoms with Crippen LogP contribution < -0.4 is 15.4 Å². The van der Waals surface area contributed by atoms with E-state index < -0.39 is 5.54 Å². The van der Waals surface area contributed by atoms with Crippen LogP contribution >= 0.6 is 12.2 Å². The smallest absolute Gasteiger partial charge is 0.250 e. The second kappa shape index (κ2) is 11.8. The van der Waals surface area contributed by atoms with E-state index in [1.807, 2.05) is 47.4 Å². The molecule has 0 unspecified atom stereocenters. The van der Waals surface area contributed by atoms with Crippen molar-refractivity contribution in [2.75, 3.05) is 25.5 Å². The van der Waals surface area contributed by atoms with E-state index in [2.05, 4.69) is 27.8 Å². The molecule has 1 aromatic heterocycles. The summed E-state index contributed by atoms with van der Waals surface area (Å²) < 4.78 is 5.25. The second-order valence-corrected chi connectivity index (χ2v) is 10.4. The molecule has 0 bridgehead atoms. The lowest BCUT2D eigenvalue weighted by Gasteiger charge is -2.41. The van der Waals surface area contributed by atoms with Crippen LogP contribution in [0, 0.1) is 0 Å². The first-order valence-corrected chi connectivity index (χ1v) is 13.6. The number of amides is 2. The summed E-state index contributed by atoms with van der Waals surface area (Å²) in [5.74, 6) is 0.399. The predicted molar refractivity (Wildman–Crippen MR) is 154 cm³/mol. The Balaban J connectivity index is 1.39. The van der Waals surface area contributed by atoms with Crippen molar-refractivity contribution < 1.29 is 14.3 Å². The molecule has 202 valence electrons. The lowest BCUT2D eigenvalue weighted by molar-refractivity contribution is -0.146. The van der Waals surface area contributed by atoms with Gasteiger partial charge < -0.3 is 25.2 Å². The van der Waals surface area contributed by atoms with Crippen LogP contribution in [-0.4, -0.2) is 57.4 Å². The maximum atomic E-state index is 14.1. The molecule has 3 aromatic rings. The number of carbonyl (C=O) groups excluding carboxylic acids is 2. The standard InChI is InChI=1S/C30H33N5O3S/c1-38-25-13-11-24(12-14-25)32-28(37)30(15-5-6-16-30)35(19-22-8-7-17-31-18-22)27(36)21-34-20-26(33-29(34)39)23-9-3-2-4-10-23/h2-4,7-14,17-18,26H,5-6,15-16,19-21H2,1H3,(H,32,37)(H,33,39)/t26-/m1/s1. The number of thiocarbonyl (C=S) groups is 1. The molecule has 9 heteroatoms. The minimum atomic E-state index is -0.972. The van der Waals surface area contributed by atoms with Crippen molar-refractivity contribution in [2.24, 2.45) is 0 Å². The summed E-state index contributed by atoms with van der Waals surface area (Å²) >= 11 is 5.62. The summed E-state index contributed by atoms with van der Waals surface area (Å²) in [6.45, 7) is 0.964. The van der Waals surface area contributed by atoms with E-state index in [1.54, 1.807) is 36.5 Å². The number of benzene rings is 2. The fraction of sp³-hybridized carbons (Fsp3) is 0.333. The highest BCUT2D eigenvalue weighted by atomic mass is 32.1. The molecule has 2 fully saturated rings. The Hall–Kier alpha value is -3.98. The van der Waals surface area contributed by atoms with Gasteiger partial charge in [-0.05, 0) is 66.5 Å². The summed E-state index contributed by atoms with van der Waals surface area (Å²) in [6.07, 6.45) is 6.37. The highest BCUT2D eigenvalue weighted by Gasteiger charge is 2.49. The number of pyridine rings is 1. The molecule has 2 N–H and O–H groups in total. The van der Waals surface area contributed by atoms with Crippen LogP contribution in [0.3, 0.4) is 0 Å². The number of nitrogens with zero attached hydrogens (tertiary/aromatic N) is 3. The lowest BCUT2D eigenvalue weighted by atomic mass is 9.92. The number of rotatable bonds is 9. The zero-order chi connectivity index (χ0) is 27.2. The SMILES string of the molecule is COc1ccc(NC(=O)C2(N(Cc3cccnc3)C(=O)CN3C[C@H](c4ccccc4)NC3=S)CCCC2)cc1. The molecule has 5 rings (SSSR count). The first-order chi connectivity index (χ1) is 19.0. The van der Waals surface area contributed by atoms with Gasteiger partial charge in [0.1, 0.15) is 11.3 Å². The van der Waals surface area contributed by atoms with Crippen LogP contribution in [0.2, 0.25) is 0 Å². The Morgan fingerprint density at radius 3 is 2.51 bits per heavy atom. The topological polar surface area (TPSA) is 86.8 Å². The maximum Gasteiger partial charge on any atom is 0.250 e. The molecule has 2 amide bonds. The zero-order valence-corrected chi connectivity index (χ0v) is 22.8. The van der Waals surface area contributed by atoms with Crippen LogP contribution in [0.25, 0.3) is 0 Å². The highest BCUT2D eigenvalue weighted by Crippen LogP contribution is 2.38. The summed E-state index contributed by atoms with van der Waals surface area (Å²) in [4.78, 5) is 36.0. The van der Waals surface area contributed by atoms with Crippen molar-refractivity contribution in [3.8, 4) is 5.75 Å². The van der Waals surface area contributed by atoms with Crippen molar-refractivity contribution in [1.29, 1.82) is 0 Å². The van der Waals surface area contributed by atoms with Gasteiger partial charge >= 0.3 is 0 Å². The Labute approximate surface area is 234 Å². The van der Waals surface area contributed by atoms with E-state index in [9.17, 15) is 9.59 Å². The quantitative estimate of drug-likeness (QED) is 0.389. The molecule has 2 heterocycles. The Morgan fingerprint density at radius 1 is 1.10 bits per heavy atom. The minimum Gasteiger partial charge on any atom is -0.497 e. The molecule has 1 saturated heterocycles. The van der Waals surface area contributed by atoms with Gasteiger partial charge in [0.25, 0.3) is 0 Å². The first kappa shape index (κ1) is 26.6. The average molecular weight is 544 g/mol. The van der Waals surface area contributed by atoms with Gasteiger partial charge in [-0.2, -0.15) is 0 Å². The van der Waals surface area contributed by atoms with Crippen LogP contribution in [0.15, 0.2) is 79.1 Å². The Morgan fingerprint density at radius 2 is 1.85 bits per heavy atom. The Bertz CT molecular complexity index is 1300. The third kappa shape index (κ3) is 5.88. The van der Waals surface area contributed by atoms with Crippen LogP contribution in [0.4, 0.5) is 5.69 Å². The van der Waals surface area contributed by atoms with Gasteiger partial charge in [-0.15, -0.1) is 0 Å². The predicted octanol–water partition coefficient (Wildman–Crippen LogP) is 4.30. The third-order valence-electron chi connectivity index (χ3n) is 7.60. The molecule has 0 radical (unpaired) electrons. The van der Waals surface area contributed by atoms with Gasteiger partial charge in [0, 0.05) is 31.2 Å². The minimum absolute atomic E-state index is 0.0112. The molecule has 1 saturated carbocycles. The number of hydrogen-bond donors (Lipinski definition) is 2. The molecule has 2 aliphatic rings. The fourth-order valence-corrected chi connectivity index (χ4v) is 5.78. The van der Waals surface area contributed by atoms with Gasteiger partial charge in [0.2, 0.25) is 11.8 Å². The molecular weight excluding hydrogens is 510 g/mol. The molecular formula is C30H33N5O3S.